The highest BCUT2D eigenvalue weighted by Crippen LogP contribution is 2.16. The molecule has 3 aromatic rings. The lowest BCUT2D eigenvalue weighted by molar-refractivity contribution is 0.208. The zero-order chi connectivity index (χ0) is 18.6. The van der Waals surface area contributed by atoms with Gasteiger partial charge in [0, 0.05) is 37.9 Å². The first-order valence-electron chi connectivity index (χ1n) is 8.42. The first-order chi connectivity index (χ1) is 13.2. The Hall–Kier alpha value is -3.56. The Morgan fingerprint density at radius 1 is 1.00 bits per heavy atom. The van der Waals surface area contributed by atoms with Crippen molar-refractivity contribution in [3.63, 3.8) is 0 Å². The average molecular weight is 368 g/mol. The van der Waals surface area contributed by atoms with Gasteiger partial charge in [0.05, 0.1) is 0 Å². The summed E-state index contributed by atoms with van der Waals surface area (Å²) in [5.74, 6) is 1.07. The summed E-state index contributed by atoms with van der Waals surface area (Å²) in [4.78, 5) is 28.6. The van der Waals surface area contributed by atoms with Gasteiger partial charge in [0.25, 0.3) is 0 Å². The molecule has 4 rings (SSSR count). The fraction of sp³-hybridized carbons (Fsp3) is 0.235. The third-order valence-corrected chi connectivity index (χ3v) is 4.28. The molecule has 1 saturated heterocycles. The van der Waals surface area contributed by atoms with Crippen molar-refractivity contribution >= 4 is 17.5 Å². The van der Waals surface area contributed by atoms with E-state index >= 15 is 0 Å². The summed E-state index contributed by atoms with van der Waals surface area (Å²) >= 11 is 0. The highest BCUT2D eigenvalue weighted by Gasteiger charge is 2.22. The van der Waals surface area contributed by atoms with E-state index in [1.807, 2.05) is 6.07 Å². The van der Waals surface area contributed by atoms with E-state index in [0.717, 1.165) is 5.82 Å². The second-order valence-corrected chi connectivity index (χ2v) is 5.99. The molecule has 2 aromatic heterocycles. The summed E-state index contributed by atoms with van der Waals surface area (Å²) in [6.45, 7) is 2.39. The molecule has 1 aliphatic heterocycles. The molecule has 1 N–H and O–H groups in total. The normalized spacial score (nSPS) is 14.3. The number of carbonyl (C=O) groups excluding carboxylic acids is 1. The Morgan fingerprint density at radius 2 is 1.74 bits per heavy atom. The minimum atomic E-state index is -0.336. The van der Waals surface area contributed by atoms with Gasteiger partial charge in [-0.1, -0.05) is 0 Å². The number of benzene rings is 1. The van der Waals surface area contributed by atoms with Crippen LogP contribution in [0.5, 0.6) is 0 Å². The van der Waals surface area contributed by atoms with Crippen LogP contribution in [0, 0.1) is 5.82 Å². The third-order valence-electron chi connectivity index (χ3n) is 4.28. The molecule has 1 aromatic carbocycles. The van der Waals surface area contributed by atoms with Crippen LogP contribution in [0.1, 0.15) is 0 Å². The van der Waals surface area contributed by atoms with Crippen LogP contribution in [-0.2, 0) is 0 Å². The van der Waals surface area contributed by atoms with Crippen LogP contribution in [0.4, 0.5) is 20.7 Å². The number of hydrogen-bond donors (Lipinski definition) is 1. The predicted octanol–water partition coefficient (Wildman–Crippen LogP) is 1.55. The van der Waals surface area contributed by atoms with E-state index in [1.165, 1.54) is 36.9 Å². The maximum Gasteiger partial charge on any atom is 0.321 e. The minimum absolute atomic E-state index is 0.202. The zero-order valence-corrected chi connectivity index (χ0v) is 14.4. The Kier molecular flexibility index (Phi) is 4.60. The van der Waals surface area contributed by atoms with Gasteiger partial charge in [0.2, 0.25) is 0 Å². The maximum atomic E-state index is 13.0. The van der Waals surface area contributed by atoms with Crippen LogP contribution in [0.15, 0.2) is 49.3 Å². The lowest BCUT2D eigenvalue weighted by Gasteiger charge is -2.35. The number of nitrogens with zero attached hydrogens (tertiary/aromatic N) is 7. The SMILES string of the molecule is O=C(Nc1ccc(F)cc1)N1CCN(c2cc(-n3cncn3)ncn2)CC1. The van der Waals surface area contributed by atoms with Crippen LogP contribution >= 0.6 is 0 Å². The van der Waals surface area contributed by atoms with Gasteiger partial charge in [-0.3, -0.25) is 0 Å². The van der Waals surface area contributed by atoms with Crippen LogP contribution < -0.4 is 10.2 Å². The summed E-state index contributed by atoms with van der Waals surface area (Å²) < 4.78 is 14.5. The summed E-state index contributed by atoms with van der Waals surface area (Å²) in [6, 6.07) is 7.34. The third kappa shape index (κ3) is 3.84. The number of rotatable bonds is 3. The van der Waals surface area contributed by atoms with Crippen molar-refractivity contribution < 1.29 is 9.18 Å². The molecule has 10 heteroatoms. The first kappa shape index (κ1) is 16.9. The molecule has 0 unspecified atom stereocenters. The van der Waals surface area contributed by atoms with Crippen molar-refractivity contribution in [2.75, 3.05) is 36.4 Å². The van der Waals surface area contributed by atoms with Crippen molar-refractivity contribution in [3.8, 4) is 5.82 Å². The molecule has 1 fully saturated rings. The Morgan fingerprint density at radius 3 is 2.44 bits per heavy atom. The number of aromatic nitrogens is 5. The van der Waals surface area contributed by atoms with E-state index in [9.17, 15) is 9.18 Å². The molecular formula is C17H17FN8O. The topological polar surface area (TPSA) is 92.1 Å². The molecule has 1 aliphatic rings. The second-order valence-electron chi connectivity index (χ2n) is 5.99. The number of amides is 2. The summed E-state index contributed by atoms with van der Waals surface area (Å²) in [5, 5.41) is 6.84. The number of piperazine rings is 1. The quantitative estimate of drug-likeness (QED) is 0.754. The van der Waals surface area contributed by atoms with Gasteiger partial charge in [-0.05, 0) is 24.3 Å². The summed E-state index contributed by atoms with van der Waals surface area (Å²) in [7, 11) is 0. The number of hydrogen-bond acceptors (Lipinski definition) is 6. The minimum Gasteiger partial charge on any atom is -0.353 e. The number of urea groups is 1. The number of nitrogens with one attached hydrogen (secondary N) is 1. The molecule has 0 aliphatic carbocycles. The molecule has 0 atom stereocenters. The average Bonchev–Trinajstić information content (AvgIpc) is 3.25. The fourth-order valence-electron chi connectivity index (χ4n) is 2.84. The Labute approximate surface area is 154 Å². The number of carbonyl (C=O) groups is 1. The van der Waals surface area contributed by atoms with Crippen LogP contribution in [0.2, 0.25) is 0 Å². The highest BCUT2D eigenvalue weighted by atomic mass is 19.1. The standard InChI is InChI=1S/C17H17FN8O/c18-13-1-3-14(4-2-13)23-17(27)25-7-5-24(6-8-25)15-9-16(21-11-20-15)26-12-19-10-22-26/h1-4,9-12H,5-8H2,(H,23,27). The van der Waals surface area contributed by atoms with Crippen LogP contribution in [0.3, 0.4) is 0 Å². The van der Waals surface area contributed by atoms with Crippen LogP contribution in [0.25, 0.3) is 5.82 Å². The van der Waals surface area contributed by atoms with E-state index in [-0.39, 0.29) is 11.8 Å². The van der Waals surface area contributed by atoms with Gasteiger partial charge in [-0.2, -0.15) is 5.10 Å². The van der Waals surface area contributed by atoms with E-state index in [2.05, 4.69) is 30.3 Å². The fourth-order valence-corrected chi connectivity index (χ4v) is 2.84. The smallest absolute Gasteiger partial charge is 0.321 e. The molecule has 3 heterocycles. The van der Waals surface area contributed by atoms with Crippen molar-refractivity contribution in [1.82, 2.24) is 29.6 Å². The Bertz CT molecular complexity index is 907. The van der Waals surface area contributed by atoms with Gasteiger partial charge in [-0.15, -0.1) is 0 Å². The molecule has 0 bridgehead atoms. The van der Waals surface area contributed by atoms with E-state index < -0.39 is 0 Å². The largest absolute Gasteiger partial charge is 0.353 e. The lowest BCUT2D eigenvalue weighted by atomic mass is 10.3. The number of halogens is 1. The summed E-state index contributed by atoms with van der Waals surface area (Å²) in [5.41, 5.74) is 0.567. The van der Waals surface area contributed by atoms with Crippen molar-refractivity contribution in [2.24, 2.45) is 0 Å². The predicted molar refractivity (Wildman–Crippen MR) is 96.2 cm³/mol. The second kappa shape index (κ2) is 7.36. The molecular weight excluding hydrogens is 351 g/mol. The van der Waals surface area contributed by atoms with Gasteiger partial charge in [0.1, 0.15) is 30.6 Å². The summed E-state index contributed by atoms with van der Waals surface area (Å²) in [6.07, 6.45) is 4.50. The zero-order valence-electron chi connectivity index (χ0n) is 14.4. The monoisotopic (exact) mass is 368 g/mol. The molecule has 0 radical (unpaired) electrons. The van der Waals surface area contributed by atoms with Gasteiger partial charge in [0.15, 0.2) is 5.82 Å². The van der Waals surface area contributed by atoms with E-state index in [1.54, 1.807) is 15.9 Å². The number of anilines is 2. The molecule has 0 saturated carbocycles. The molecule has 9 nitrogen and oxygen atoms in total. The van der Waals surface area contributed by atoms with Crippen molar-refractivity contribution in [1.29, 1.82) is 0 Å². The molecule has 0 spiro atoms. The maximum absolute atomic E-state index is 13.0. The van der Waals surface area contributed by atoms with E-state index in [4.69, 9.17) is 0 Å². The van der Waals surface area contributed by atoms with Gasteiger partial charge >= 0.3 is 6.03 Å². The highest BCUT2D eigenvalue weighted by molar-refractivity contribution is 5.89. The first-order valence-corrected chi connectivity index (χ1v) is 8.42. The van der Waals surface area contributed by atoms with Crippen molar-refractivity contribution in [2.45, 2.75) is 0 Å². The van der Waals surface area contributed by atoms with Gasteiger partial charge < -0.3 is 15.1 Å². The molecule has 2 amide bonds. The molecule has 138 valence electrons. The van der Waals surface area contributed by atoms with Gasteiger partial charge in [-0.25, -0.2) is 28.8 Å². The van der Waals surface area contributed by atoms with E-state index in [0.29, 0.717) is 37.7 Å². The Balaban J connectivity index is 1.37. The van der Waals surface area contributed by atoms with Crippen molar-refractivity contribution in [3.05, 3.63) is 55.1 Å². The lowest BCUT2D eigenvalue weighted by Crippen LogP contribution is -2.50. The molecule has 27 heavy (non-hydrogen) atoms. The van der Waals surface area contributed by atoms with Crippen LogP contribution in [-0.4, -0.2) is 61.8 Å².